The van der Waals surface area contributed by atoms with Gasteiger partial charge in [0.15, 0.2) is 0 Å². The van der Waals surface area contributed by atoms with Crippen LogP contribution < -0.4 is 5.46 Å². The van der Waals surface area contributed by atoms with Gasteiger partial charge in [-0.1, -0.05) is 30.1 Å². The minimum Gasteiger partial charge on any atom is -0.399 e. The lowest BCUT2D eigenvalue weighted by atomic mass is 9.78. The van der Waals surface area contributed by atoms with Crippen LogP contribution in [0.25, 0.3) is 0 Å². The van der Waals surface area contributed by atoms with Crippen molar-refractivity contribution in [3.05, 3.63) is 27.7 Å². The molecule has 0 spiro atoms. The summed E-state index contributed by atoms with van der Waals surface area (Å²) in [5.41, 5.74) is 1.04. The van der Waals surface area contributed by atoms with Crippen LogP contribution in [0.5, 0.6) is 0 Å². The Morgan fingerprint density at radius 2 is 1.42 bits per heavy atom. The number of aryl methyl sites for hydroxylation is 1. The Morgan fingerprint density at radius 1 is 1.00 bits per heavy atom. The Hall–Kier alpha value is -0.215. The lowest BCUT2D eigenvalue weighted by molar-refractivity contribution is 0.00578. The molecule has 0 unspecified atom stereocenters. The van der Waals surface area contributed by atoms with Crippen LogP contribution in [0, 0.1) is 0 Å². The first kappa shape index (κ1) is 15.2. The van der Waals surface area contributed by atoms with E-state index in [-0.39, 0.29) is 0 Å². The molecule has 0 amide bonds. The summed E-state index contributed by atoms with van der Waals surface area (Å²) in [5.74, 6) is 0. The van der Waals surface area contributed by atoms with Crippen molar-refractivity contribution in [2.45, 2.75) is 52.2 Å². The van der Waals surface area contributed by atoms with Gasteiger partial charge in [0.1, 0.15) is 0 Å². The predicted octanol–water partition coefficient (Wildman–Crippen LogP) is 3.86. The Balaban J connectivity index is 2.40. The fraction of sp³-hybridized carbons (Fsp3) is 0.571. The molecule has 0 aromatic heterocycles. The van der Waals surface area contributed by atoms with Gasteiger partial charge >= 0.3 is 7.12 Å². The number of hydrogen-bond donors (Lipinski definition) is 0. The average molecular weight is 301 g/mol. The van der Waals surface area contributed by atoms with E-state index in [1.54, 1.807) is 0 Å². The Bertz CT molecular complexity index is 461. The van der Waals surface area contributed by atoms with Crippen molar-refractivity contribution in [1.29, 1.82) is 0 Å². The van der Waals surface area contributed by atoms with E-state index < -0.39 is 18.3 Å². The molecular weight excluding hydrogens is 282 g/mol. The second-order valence-corrected chi connectivity index (χ2v) is 6.73. The molecule has 1 aliphatic rings. The zero-order valence-corrected chi connectivity index (χ0v) is 13.5. The van der Waals surface area contributed by atoms with Crippen LogP contribution in [0.3, 0.4) is 0 Å². The monoisotopic (exact) mass is 300 g/mol. The second-order valence-electron chi connectivity index (χ2n) is 5.91. The van der Waals surface area contributed by atoms with Crippen molar-refractivity contribution >= 4 is 35.8 Å². The molecule has 1 saturated heterocycles. The highest BCUT2D eigenvalue weighted by Gasteiger charge is 2.52. The van der Waals surface area contributed by atoms with Crippen molar-refractivity contribution in [1.82, 2.24) is 0 Å². The van der Waals surface area contributed by atoms with Gasteiger partial charge in [0.25, 0.3) is 0 Å². The molecule has 0 atom stereocenters. The van der Waals surface area contributed by atoms with E-state index in [1.165, 1.54) is 0 Å². The lowest BCUT2D eigenvalue weighted by Crippen LogP contribution is -2.41. The van der Waals surface area contributed by atoms with Gasteiger partial charge in [-0.25, -0.2) is 0 Å². The van der Waals surface area contributed by atoms with Crippen LogP contribution in [0.15, 0.2) is 12.1 Å². The fourth-order valence-corrected chi connectivity index (χ4v) is 2.74. The third-order valence-corrected chi connectivity index (χ3v) is 4.66. The lowest BCUT2D eigenvalue weighted by Gasteiger charge is -2.32. The summed E-state index contributed by atoms with van der Waals surface area (Å²) in [6.45, 7) is 10.1. The van der Waals surface area contributed by atoms with E-state index >= 15 is 0 Å². The first-order valence-electron chi connectivity index (χ1n) is 6.51. The van der Waals surface area contributed by atoms with E-state index in [1.807, 2.05) is 39.8 Å². The Labute approximate surface area is 125 Å². The summed E-state index contributed by atoms with van der Waals surface area (Å²) in [6, 6.07) is 3.85. The first-order chi connectivity index (χ1) is 8.68. The second kappa shape index (κ2) is 4.96. The quantitative estimate of drug-likeness (QED) is 0.772. The topological polar surface area (TPSA) is 18.5 Å². The van der Waals surface area contributed by atoms with Crippen LogP contribution in [-0.2, 0) is 15.7 Å². The molecule has 0 radical (unpaired) electrons. The fourth-order valence-electron chi connectivity index (χ4n) is 2.03. The number of halogens is 2. The molecule has 19 heavy (non-hydrogen) atoms. The molecule has 0 N–H and O–H groups in total. The van der Waals surface area contributed by atoms with Gasteiger partial charge in [0.2, 0.25) is 0 Å². The van der Waals surface area contributed by atoms with Gasteiger partial charge in [-0.2, -0.15) is 0 Å². The highest BCUT2D eigenvalue weighted by Crippen LogP contribution is 2.37. The molecule has 5 heteroatoms. The van der Waals surface area contributed by atoms with E-state index in [0.29, 0.717) is 10.0 Å². The predicted molar refractivity (Wildman–Crippen MR) is 81.6 cm³/mol. The van der Waals surface area contributed by atoms with Crippen molar-refractivity contribution in [2.75, 3.05) is 0 Å². The van der Waals surface area contributed by atoms with Gasteiger partial charge < -0.3 is 9.31 Å². The summed E-state index contributed by atoms with van der Waals surface area (Å²) in [6.07, 6.45) is 0.892. The molecule has 1 aromatic carbocycles. The molecule has 104 valence electrons. The molecule has 2 nitrogen and oxygen atoms in total. The molecule has 1 fully saturated rings. The highest BCUT2D eigenvalue weighted by molar-refractivity contribution is 6.69. The maximum absolute atomic E-state index is 6.34. The summed E-state index contributed by atoms with van der Waals surface area (Å²) in [7, 11) is -0.518. The van der Waals surface area contributed by atoms with Crippen LogP contribution in [-0.4, -0.2) is 18.3 Å². The first-order valence-corrected chi connectivity index (χ1v) is 7.27. The van der Waals surface area contributed by atoms with Crippen molar-refractivity contribution < 1.29 is 9.31 Å². The molecule has 0 saturated carbocycles. The van der Waals surface area contributed by atoms with Crippen molar-refractivity contribution in [3.63, 3.8) is 0 Å². The summed E-state index contributed by atoms with van der Waals surface area (Å²) < 4.78 is 12.0. The summed E-state index contributed by atoms with van der Waals surface area (Å²) in [5, 5.41) is 1.20. The van der Waals surface area contributed by atoms with Crippen LogP contribution in [0.4, 0.5) is 0 Å². The van der Waals surface area contributed by atoms with Crippen molar-refractivity contribution in [3.8, 4) is 0 Å². The maximum atomic E-state index is 6.34. The van der Waals surface area contributed by atoms with Crippen LogP contribution in [0.2, 0.25) is 10.0 Å². The van der Waals surface area contributed by atoms with Gasteiger partial charge in [0, 0.05) is 15.5 Å². The molecule has 0 aliphatic carbocycles. The SMILES string of the molecule is CCc1cc(Cl)c(B2OC(C)(C)C(C)(C)O2)c(Cl)c1. The average Bonchev–Trinajstić information content (AvgIpc) is 2.46. The third kappa shape index (κ3) is 2.66. The van der Waals surface area contributed by atoms with Crippen LogP contribution in [0.1, 0.15) is 40.2 Å². The molecular formula is C14H19BCl2O2. The summed E-state index contributed by atoms with van der Waals surface area (Å²) >= 11 is 12.7. The molecule has 1 aliphatic heterocycles. The smallest absolute Gasteiger partial charge is 0.399 e. The molecule has 1 aromatic rings. The zero-order chi connectivity index (χ0) is 14.4. The van der Waals surface area contributed by atoms with Gasteiger partial charge in [-0.05, 0) is 51.8 Å². The van der Waals surface area contributed by atoms with E-state index in [0.717, 1.165) is 17.4 Å². The largest absolute Gasteiger partial charge is 0.497 e. The van der Waals surface area contributed by atoms with Crippen molar-refractivity contribution in [2.24, 2.45) is 0 Å². The highest BCUT2D eigenvalue weighted by atomic mass is 35.5. The van der Waals surface area contributed by atoms with Gasteiger partial charge in [0.05, 0.1) is 11.2 Å². The Morgan fingerprint density at radius 3 is 1.79 bits per heavy atom. The molecule has 0 bridgehead atoms. The Kier molecular flexibility index (Phi) is 3.96. The minimum absolute atomic E-state index is 0.395. The number of hydrogen-bond acceptors (Lipinski definition) is 2. The van der Waals surface area contributed by atoms with Gasteiger partial charge in [-0.15, -0.1) is 0 Å². The molecule has 1 heterocycles. The van der Waals surface area contributed by atoms with Gasteiger partial charge in [-0.3, -0.25) is 0 Å². The van der Waals surface area contributed by atoms with E-state index in [9.17, 15) is 0 Å². The zero-order valence-electron chi connectivity index (χ0n) is 12.0. The van der Waals surface area contributed by atoms with Crippen LogP contribution >= 0.6 is 23.2 Å². The third-order valence-electron chi connectivity index (χ3n) is 4.04. The minimum atomic E-state index is -0.518. The molecule has 2 rings (SSSR count). The number of benzene rings is 1. The summed E-state index contributed by atoms with van der Waals surface area (Å²) in [4.78, 5) is 0. The number of rotatable bonds is 2. The standard InChI is InChI=1S/C14H19BCl2O2/c1-6-9-7-10(16)12(11(17)8-9)15-18-13(2,3)14(4,5)19-15/h7-8H,6H2,1-5H3. The van der Waals surface area contributed by atoms with E-state index in [2.05, 4.69) is 6.92 Å². The maximum Gasteiger partial charge on any atom is 0.497 e. The van der Waals surface area contributed by atoms with E-state index in [4.69, 9.17) is 32.5 Å². The normalized spacial score (nSPS) is 20.9.